The number of nitrogens with zero attached hydrogens (tertiary/aromatic N) is 3. The predicted octanol–water partition coefficient (Wildman–Crippen LogP) is 3.67. The second-order valence-electron chi connectivity index (χ2n) is 5.71. The number of methoxy groups -OCH3 is 1. The molecule has 0 amide bonds. The van der Waals surface area contributed by atoms with Crippen molar-refractivity contribution in [2.75, 3.05) is 31.4 Å². The molecule has 2 N–H and O–H groups in total. The Morgan fingerprint density at radius 2 is 1.84 bits per heavy atom. The van der Waals surface area contributed by atoms with Gasteiger partial charge in [-0.25, -0.2) is 9.97 Å². The summed E-state index contributed by atoms with van der Waals surface area (Å²) in [5, 5.41) is 13.3. The highest BCUT2D eigenvalue weighted by Crippen LogP contribution is 2.31. The second-order valence-corrected chi connectivity index (χ2v) is 5.71. The van der Waals surface area contributed by atoms with Crippen molar-refractivity contribution >= 4 is 17.2 Å². The van der Waals surface area contributed by atoms with Crippen molar-refractivity contribution < 1.29 is 9.84 Å². The molecule has 0 unspecified atom stereocenters. The standard InChI is InChI=1S/C19H20N4O2/c1-23(2)16-9-8-13(10-17(16)24)22-19-11-15(20-12-21-19)14-6-4-5-7-18(14)25-3/h4-12,24H,1-3H3,(H,20,21,22). The summed E-state index contributed by atoms with van der Waals surface area (Å²) >= 11 is 0. The van der Waals surface area contributed by atoms with Crippen molar-refractivity contribution in [1.29, 1.82) is 0 Å². The van der Waals surface area contributed by atoms with Gasteiger partial charge in [-0.1, -0.05) is 12.1 Å². The first-order valence-electron chi connectivity index (χ1n) is 7.81. The molecule has 0 bridgehead atoms. The van der Waals surface area contributed by atoms with Gasteiger partial charge in [0.25, 0.3) is 0 Å². The zero-order chi connectivity index (χ0) is 17.8. The highest BCUT2D eigenvalue weighted by Gasteiger charge is 2.09. The van der Waals surface area contributed by atoms with Crippen molar-refractivity contribution in [2.24, 2.45) is 0 Å². The average Bonchev–Trinajstić information content (AvgIpc) is 2.61. The molecule has 0 aliphatic heterocycles. The molecular formula is C19H20N4O2. The molecule has 0 atom stereocenters. The molecular weight excluding hydrogens is 316 g/mol. The van der Waals surface area contributed by atoms with E-state index in [4.69, 9.17) is 4.74 Å². The first-order valence-corrected chi connectivity index (χ1v) is 7.81. The van der Waals surface area contributed by atoms with E-state index in [0.717, 1.165) is 28.4 Å². The Balaban J connectivity index is 1.89. The van der Waals surface area contributed by atoms with E-state index >= 15 is 0 Å². The molecule has 25 heavy (non-hydrogen) atoms. The van der Waals surface area contributed by atoms with Crippen LogP contribution in [0.2, 0.25) is 0 Å². The van der Waals surface area contributed by atoms with Gasteiger partial charge in [-0.15, -0.1) is 0 Å². The Bertz CT molecular complexity index is 881. The molecule has 3 rings (SSSR count). The summed E-state index contributed by atoms with van der Waals surface area (Å²) in [4.78, 5) is 10.4. The number of anilines is 3. The smallest absolute Gasteiger partial charge is 0.140 e. The number of hydrogen-bond donors (Lipinski definition) is 2. The maximum absolute atomic E-state index is 10.1. The van der Waals surface area contributed by atoms with E-state index in [1.807, 2.05) is 61.5 Å². The quantitative estimate of drug-likeness (QED) is 0.741. The number of hydrogen-bond acceptors (Lipinski definition) is 6. The zero-order valence-corrected chi connectivity index (χ0v) is 14.4. The van der Waals surface area contributed by atoms with Gasteiger partial charge in [0.15, 0.2) is 0 Å². The van der Waals surface area contributed by atoms with Crippen molar-refractivity contribution in [1.82, 2.24) is 9.97 Å². The summed E-state index contributed by atoms with van der Waals surface area (Å²) in [7, 11) is 5.40. The summed E-state index contributed by atoms with van der Waals surface area (Å²) in [6, 6.07) is 14.9. The van der Waals surface area contributed by atoms with Crippen LogP contribution in [0.1, 0.15) is 0 Å². The molecule has 3 aromatic rings. The van der Waals surface area contributed by atoms with Gasteiger partial charge < -0.3 is 20.1 Å². The van der Waals surface area contributed by atoms with Crippen LogP contribution in [-0.4, -0.2) is 36.3 Å². The van der Waals surface area contributed by atoms with Gasteiger partial charge in [-0.3, -0.25) is 0 Å². The normalized spacial score (nSPS) is 10.4. The van der Waals surface area contributed by atoms with Crippen LogP contribution >= 0.6 is 0 Å². The molecule has 0 saturated carbocycles. The Morgan fingerprint density at radius 3 is 2.56 bits per heavy atom. The third-order valence-corrected chi connectivity index (χ3v) is 3.78. The van der Waals surface area contributed by atoms with Gasteiger partial charge in [0.2, 0.25) is 0 Å². The highest BCUT2D eigenvalue weighted by molar-refractivity contribution is 5.72. The Kier molecular flexibility index (Phi) is 4.70. The average molecular weight is 336 g/mol. The Hall–Kier alpha value is -3.28. The number of rotatable bonds is 5. The SMILES string of the molecule is COc1ccccc1-c1cc(Nc2ccc(N(C)C)c(O)c2)ncn1. The van der Waals surface area contributed by atoms with Gasteiger partial charge >= 0.3 is 0 Å². The fraction of sp³-hybridized carbons (Fsp3) is 0.158. The number of phenolic OH excluding ortho intramolecular Hbond substituents is 1. The summed E-state index contributed by atoms with van der Waals surface area (Å²) < 4.78 is 5.39. The van der Waals surface area contributed by atoms with E-state index in [2.05, 4.69) is 15.3 Å². The predicted molar refractivity (Wildman–Crippen MR) is 99.7 cm³/mol. The molecule has 0 aliphatic carbocycles. The van der Waals surface area contributed by atoms with Gasteiger partial charge in [0.05, 0.1) is 18.5 Å². The summed E-state index contributed by atoms with van der Waals surface area (Å²) in [6.45, 7) is 0. The summed E-state index contributed by atoms with van der Waals surface area (Å²) in [6.07, 6.45) is 1.50. The van der Waals surface area contributed by atoms with E-state index in [-0.39, 0.29) is 5.75 Å². The lowest BCUT2D eigenvalue weighted by molar-refractivity contribution is 0.416. The van der Waals surface area contributed by atoms with Crippen LogP contribution in [0, 0.1) is 0 Å². The number of ether oxygens (including phenoxy) is 1. The van der Waals surface area contributed by atoms with E-state index in [0.29, 0.717) is 5.82 Å². The third-order valence-electron chi connectivity index (χ3n) is 3.78. The van der Waals surface area contributed by atoms with E-state index < -0.39 is 0 Å². The van der Waals surface area contributed by atoms with Crippen molar-refractivity contribution in [3.63, 3.8) is 0 Å². The number of aromatic nitrogens is 2. The monoisotopic (exact) mass is 336 g/mol. The molecule has 1 heterocycles. The summed E-state index contributed by atoms with van der Waals surface area (Å²) in [5.74, 6) is 1.59. The van der Waals surface area contributed by atoms with Crippen molar-refractivity contribution in [3.05, 3.63) is 54.9 Å². The lowest BCUT2D eigenvalue weighted by atomic mass is 10.1. The van der Waals surface area contributed by atoms with Gasteiger partial charge in [0, 0.05) is 37.5 Å². The fourth-order valence-electron chi connectivity index (χ4n) is 2.56. The lowest BCUT2D eigenvalue weighted by Crippen LogP contribution is -2.08. The van der Waals surface area contributed by atoms with Crippen molar-refractivity contribution in [2.45, 2.75) is 0 Å². The first-order chi connectivity index (χ1) is 12.1. The minimum absolute atomic E-state index is 0.203. The molecule has 0 radical (unpaired) electrons. The van der Waals surface area contributed by atoms with Crippen LogP contribution in [0.3, 0.4) is 0 Å². The summed E-state index contributed by atoms with van der Waals surface area (Å²) in [5.41, 5.74) is 3.14. The topological polar surface area (TPSA) is 70.5 Å². The zero-order valence-electron chi connectivity index (χ0n) is 14.4. The molecule has 0 fully saturated rings. The molecule has 128 valence electrons. The third kappa shape index (κ3) is 3.63. The highest BCUT2D eigenvalue weighted by atomic mass is 16.5. The van der Waals surface area contributed by atoms with E-state index in [1.54, 1.807) is 13.2 Å². The molecule has 0 aliphatic rings. The number of aromatic hydroxyl groups is 1. The van der Waals surface area contributed by atoms with E-state index in [1.165, 1.54) is 6.33 Å². The Morgan fingerprint density at radius 1 is 1.04 bits per heavy atom. The number of phenols is 1. The molecule has 6 heteroatoms. The Labute approximate surface area is 146 Å². The maximum Gasteiger partial charge on any atom is 0.140 e. The minimum atomic E-state index is 0.203. The van der Waals surface area contributed by atoms with Crippen LogP contribution in [0.25, 0.3) is 11.3 Å². The van der Waals surface area contributed by atoms with Gasteiger partial charge in [-0.05, 0) is 24.3 Å². The maximum atomic E-state index is 10.1. The molecule has 1 aromatic heterocycles. The van der Waals surface area contributed by atoms with E-state index in [9.17, 15) is 5.11 Å². The molecule has 2 aromatic carbocycles. The fourth-order valence-corrected chi connectivity index (χ4v) is 2.56. The number of nitrogens with one attached hydrogen (secondary N) is 1. The van der Waals surface area contributed by atoms with Crippen molar-refractivity contribution in [3.8, 4) is 22.8 Å². The first kappa shape index (κ1) is 16.6. The van der Waals surface area contributed by atoms with Crippen LogP contribution in [0.5, 0.6) is 11.5 Å². The number of benzene rings is 2. The van der Waals surface area contributed by atoms with Crippen LogP contribution < -0.4 is 15.0 Å². The van der Waals surface area contributed by atoms with Gasteiger partial charge in [0.1, 0.15) is 23.6 Å². The number of para-hydroxylation sites is 1. The van der Waals surface area contributed by atoms with Crippen LogP contribution in [0.15, 0.2) is 54.9 Å². The second kappa shape index (κ2) is 7.09. The van der Waals surface area contributed by atoms with Crippen LogP contribution in [-0.2, 0) is 0 Å². The molecule has 6 nitrogen and oxygen atoms in total. The van der Waals surface area contributed by atoms with Crippen LogP contribution in [0.4, 0.5) is 17.2 Å². The largest absolute Gasteiger partial charge is 0.506 e. The van der Waals surface area contributed by atoms with Gasteiger partial charge in [-0.2, -0.15) is 0 Å². The lowest BCUT2D eigenvalue weighted by Gasteiger charge is -2.15. The minimum Gasteiger partial charge on any atom is -0.506 e. The molecule has 0 spiro atoms. The molecule has 0 saturated heterocycles.